The first-order valence-corrected chi connectivity index (χ1v) is 9.38. The second-order valence-electron chi connectivity index (χ2n) is 5.47. The Hall–Kier alpha value is -1.85. The minimum atomic E-state index is -3.31. The second-order valence-corrected chi connectivity index (χ2v) is 7.28. The van der Waals surface area contributed by atoms with E-state index in [0.717, 1.165) is 22.4 Å². The lowest BCUT2D eigenvalue weighted by atomic mass is 10.1. The van der Waals surface area contributed by atoms with Crippen LogP contribution < -0.4 is 9.46 Å². The summed E-state index contributed by atoms with van der Waals surface area (Å²) in [7, 11) is -3.31. The standard InChI is InChI=1S/C18H23NO3S/c1-3-22-18-9-7-16(8-10-18)11-12-19-23(20,21)14-17-6-4-5-15(2)13-17/h4-10,13,19H,3,11-12,14H2,1-2H3. The van der Waals surface area contributed by atoms with Crippen molar-refractivity contribution in [2.75, 3.05) is 13.2 Å². The molecule has 0 fully saturated rings. The van der Waals surface area contributed by atoms with Crippen LogP contribution in [0.5, 0.6) is 5.75 Å². The largest absolute Gasteiger partial charge is 0.494 e. The minimum absolute atomic E-state index is 0.0119. The molecule has 0 spiro atoms. The van der Waals surface area contributed by atoms with E-state index < -0.39 is 10.0 Å². The molecule has 0 heterocycles. The summed E-state index contributed by atoms with van der Waals surface area (Å²) in [6.07, 6.45) is 0.652. The molecule has 0 aromatic heterocycles. The Balaban J connectivity index is 1.84. The molecule has 0 aliphatic heterocycles. The Morgan fingerprint density at radius 2 is 1.78 bits per heavy atom. The van der Waals surface area contributed by atoms with E-state index in [2.05, 4.69) is 4.72 Å². The predicted octanol–water partition coefficient (Wildman–Crippen LogP) is 3.06. The first-order valence-electron chi connectivity index (χ1n) is 7.73. The zero-order valence-electron chi connectivity index (χ0n) is 13.6. The van der Waals surface area contributed by atoms with Gasteiger partial charge < -0.3 is 4.74 Å². The van der Waals surface area contributed by atoms with Crippen LogP contribution in [-0.2, 0) is 22.2 Å². The van der Waals surface area contributed by atoms with E-state index in [0.29, 0.717) is 19.6 Å². The van der Waals surface area contributed by atoms with Crippen LogP contribution >= 0.6 is 0 Å². The van der Waals surface area contributed by atoms with E-state index in [1.165, 1.54) is 0 Å². The normalized spacial score (nSPS) is 11.4. The van der Waals surface area contributed by atoms with Gasteiger partial charge in [0.15, 0.2) is 0 Å². The van der Waals surface area contributed by atoms with E-state index in [-0.39, 0.29) is 5.75 Å². The molecule has 0 amide bonds. The van der Waals surface area contributed by atoms with Crippen LogP contribution in [0.4, 0.5) is 0 Å². The summed E-state index contributed by atoms with van der Waals surface area (Å²) in [6.45, 7) is 4.92. The van der Waals surface area contributed by atoms with Gasteiger partial charge in [0.2, 0.25) is 10.0 Å². The molecule has 23 heavy (non-hydrogen) atoms. The van der Waals surface area contributed by atoms with Crippen LogP contribution in [0, 0.1) is 6.92 Å². The molecule has 2 rings (SSSR count). The lowest BCUT2D eigenvalue weighted by molar-refractivity contribution is 0.340. The van der Waals surface area contributed by atoms with Crippen LogP contribution in [0.15, 0.2) is 48.5 Å². The van der Waals surface area contributed by atoms with Crippen molar-refractivity contribution >= 4 is 10.0 Å². The van der Waals surface area contributed by atoms with Crippen LogP contribution in [0.3, 0.4) is 0 Å². The summed E-state index contributed by atoms with van der Waals surface area (Å²) >= 11 is 0. The maximum atomic E-state index is 12.1. The average molecular weight is 333 g/mol. The van der Waals surface area contributed by atoms with Crippen LogP contribution in [0.25, 0.3) is 0 Å². The van der Waals surface area contributed by atoms with E-state index in [1.807, 2.05) is 62.4 Å². The van der Waals surface area contributed by atoms with Crippen LogP contribution in [0.2, 0.25) is 0 Å². The van der Waals surface area contributed by atoms with E-state index in [4.69, 9.17) is 4.74 Å². The number of hydrogen-bond acceptors (Lipinski definition) is 3. The van der Waals surface area contributed by atoms with Gasteiger partial charge in [-0.05, 0) is 43.5 Å². The van der Waals surface area contributed by atoms with Crippen molar-refractivity contribution in [2.45, 2.75) is 26.0 Å². The Morgan fingerprint density at radius 1 is 1.04 bits per heavy atom. The van der Waals surface area contributed by atoms with E-state index >= 15 is 0 Å². The van der Waals surface area contributed by atoms with Crippen molar-refractivity contribution in [3.05, 3.63) is 65.2 Å². The third-order valence-corrected chi connectivity index (χ3v) is 4.77. The van der Waals surface area contributed by atoms with Gasteiger partial charge in [-0.1, -0.05) is 42.0 Å². The fourth-order valence-electron chi connectivity index (χ4n) is 2.34. The molecular formula is C18H23NO3S. The average Bonchev–Trinajstić information content (AvgIpc) is 2.49. The Labute approximate surface area is 138 Å². The number of ether oxygens (including phenoxy) is 1. The molecule has 0 saturated carbocycles. The van der Waals surface area contributed by atoms with Crippen LogP contribution in [-0.4, -0.2) is 21.6 Å². The lowest BCUT2D eigenvalue weighted by Crippen LogP contribution is -2.27. The van der Waals surface area contributed by atoms with Crippen LogP contribution in [0.1, 0.15) is 23.6 Å². The first-order chi connectivity index (χ1) is 11.0. The zero-order chi connectivity index (χ0) is 16.7. The number of nitrogens with one attached hydrogen (secondary N) is 1. The predicted molar refractivity (Wildman–Crippen MR) is 93.1 cm³/mol. The third kappa shape index (κ3) is 6.04. The Kier molecular flexibility index (Phi) is 6.19. The fraction of sp³-hybridized carbons (Fsp3) is 0.333. The monoisotopic (exact) mass is 333 g/mol. The maximum absolute atomic E-state index is 12.1. The molecule has 0 radical (unpaired) electrons. The summed E-state index contributed by atoms with van der Waals surface area (Å²) in [6, 6.07) is 15.3. The van der Waals surface area contributed by atoms with Crippen molar-refractivity contribution in [3.8, 4) is 5.75 Å². The molecule has 1 N–H and O–H groups in total. The smallest absolute Gasteiger partial charge is 0.215 e. The SMILES string of the molecule is CCOc1ccc(CCNS(=O)(=O)Cc2cccc(C)c2)cc1. The molecular weight excluding hydrogens is 310 g/mol. The fourth-order valence-corrected chi connectivity index (χ4v) is 3.48. The maximum Gasteiger partial charge on any atom is 0.215 e. The van der Waals surface area contributed by atoms with Gasteiger partial charge in [0.1, 0.15) is 5.75 Å². The van der Waals surface area contributed by atoms with Gasteiger partial charge in [-0.3, -0.25) is 0 Å². The summed E-state index contributed by atoms with van der Waals surface area (Å²) < 4.78 is 32.3. The van der Waals surface area contributed by atoms with Crippen molar-refractivity contribution in [1.29, 1.82) is 0 Å². The van der Waals surface area contributed by atoms with E-state index in [1.54, 1.807) is 0 Å². The van der Waals surface area contributed by atoms with Gasteiger partial charge in [-0.15, -0.1) is 0 Å². The number of aryl methyl sites for hydroxylation is 1. The molecule has 0 atom stereocenters. The molecule has 0 bridgehead atoms. The van der Waals surface area contributed by atoms with Gasteiger partial charge in [-0.2, -0.15) is 0 Å². The van der Waals surface area contributed by atoms with E-state index in [9.17, 15) is 8.42 Å². The minimum Gasteiger partial charge on any atom is -0.494 e. The molecule has 0 unspecified atom stereocenters. The van der Waals surface area contributed by atoms with Gasteiger partial charge in [-0.25, -0.2) is 13.1 Å². The number of rotatable bonds is 8. The Bertz CT molecular complexity index is 724. The molecule has 0 aliphatic carbocycles. The number of benzene rings is 2. The first kappa shape index (κ1) is 17.5. The zero-order valence-corrected chi connectivity index (χ0v) is 14.4. The highest BCUT2D eigenvalue weighted by Gasteiger charge is 2.11. The molecule has 4 nitrogen and oxygen atoms in total. The topological polar surface area (TPSA) is 55.4 Å². The molecule has 124 valence electrons. The number of sulfonamides is 1. The van der Waals surface area contributed by atoms with Gasteiger partial charge >= 0.3 is 0 Å². The number of hydrogen-bond donors (Lipinski definition) is 1. The lowest BCUT2D eigenvalue weighted by Gasteiger charge is -2.08. The quantitative estimate of drug-likeness (QED) is 0.808. The molecule has 0 saturated heterocycles. The Morgan fingerprint density at radius 3 is 2.43 bits per heavy atom. The summed E-state index contributed by atoms with van der Waals surface area (Å²) in [5, 5.41) is 0. The highest BCUT2D eigenvalue weighted by Crippen LogP contribution is 2.12. The summed E-state index contributed by atoms with van der Waals surface area (Å²) in [5.41, 5.74) is 2.94. The van der Waals surface area contributed by atoms with Gasteiger partial charge in [0.05, 0.1) is 12.4 Å². The highest BCUT2D eigenvalue weighted by molar-refractivity contribution is 7.88. The van der Waals surface area contributed by atoms with Crippen molar-refractivity contribution in [3.63, 3.8) is 0 Å². The van der Waals surface area contributed by atoms with Gasteiger partial charge in [0.25, 0.3) is 0 Å². The van der Waals surface area contributed by atoms with Crippen molar-refractivity contribution < 1.29 is 13.2 Å². The summed E-state index contributed by atoms with van der Waals surface area (Å²) in [4.78, 5) is 0. The van der Waals surface area contributed by atoms with Gasteiger partial charge in [0, 0.05) is 6.54 Å². The molecule has 2 aromatic carbocycles. The van der Waals surface area contributed by atoms with Crippen molar-refractivity contribution in [2.24, 2.45) is 0 Å². The third-order valence-electron chi connectivity index (χ3n) is 3.41. The molecule has 2 aromatic rings. The second kappa shape index (κ2) is 8.13. The summed E-state index contributed by atoms with van der Waals surface area (Å²) in [5.74, 6) is 0.842. The molecule has 0 aliphatic rings. The van der Waals surface area contributed by atoms with Crippen molar-refractivity contribution in [1.82, 2.24) is 4.72 Å². The molecule has 5 heteroatoms. The highest BCUT2D eigenvalue weighted by atomic mass is 32.2.